The van der Waals surface area contributed by atoms with Crippen LogP contribution in [0.4, 0.5) is 5.69 Å². The molecule has 37 heavy (non-hydrogen) atoms. The number of para-hydroxylation sites is 1. The van der Waals surface area contributed by atoms with Gasteiger partial charge in [0.15, 0.2) is 0 Å². The molecule has 0 saturated heterocycles. The Labute approximate surface area is 226 Å². The Morgan fingerprint density at radius 1 is 0.973 bits per heavy atom. The highest BCUT2D eigenvalue weighted by atomic mass is 35.5. The number of nitro groups is 1. The van der Waals surface area contributed by atoms with Crippen molar-refractivity contribution in [1.82, 2.24) is 10.2 Å². The van der Waals surface area contributed by atoms with Crippen LogP contribution < -0.4 is 5.32 Å². The Bertz CT molecular complexity index is 1250. The third-order valence-corrected chi connectivity index (χ3v) is 6.43. The van der Waals surface area contributed by atoms with Crippen LogP contribution in [-0.4, -0.2) is 34.2 Å². The second kappa shape index (κ2) is 13.2. The largest absolute Gasteiger partial charge is 0.354 e. The molecule has 0 aliphatic carbocycles. The number of rotatable bonds is 11. The van der Waals surface area contributed by atoms with Crippen molar-refractivity contribution in [3.63, 3.8) is 0 Å². The van der Waals surface area contributed by atoms with Crippen molar-refractivity contribution >= 4 is 40.7 Å². The second-order valence-corrected chi connectivity index (χ2v) is 10.0. The standard InChI is InChI=1S/C28H29Cl2N3O4/c1-19(2)17-31-28(35)26(14-20-8-4-3-5-9-20)32(18-22-12-13-23(29)16-24(22)30)27(34)15-21-10-6-7-11-25(21)33(36)37/h3-13,16,19,26H,14-15,17-18H2,1-2H3,(H,31,35)/t26-/m0/s1. The van der Waals surface area contributed by atoms with E-state index in [2.05, 4.69) is 5.32 Å². The first-order valence-corrected chi connectivity index (χ1v) is 12.7. The molecule has 0 spiro atoms. The molecular formula is C28H29Cl2N3O4. The lowest BCUT2D eigenvalue weighted by Crippen LogP contribution is -2.51. The van der Waals surface area contributed by atoms with Crippen LogP contribution in [0.5, 0.6) is 0 Å². The second-order valence-electron chi connectivity index (χ2n) is 9.16. The summed E-state index contributed by atoms with van der Waals surface area (Å²) in [5, 5.41) is 15.3. The highest BCUT2D eigenvalue weighted by Gasteiger charge is 2.32. The van der Waals surface area contributed by atoms with Crippen LogP contribution in [0, 0.1) is 16.0 Å². The fourth-order valence-corrected chi connectivity index (χ4v) is 4.38. The predicted octanol–water partition coefficient (Wildman–Crippen LogP) is 5.86. The van der Waals surface area contributed by atoms with E-state index in [0.717, 1.165) is 5.56 Å². The van der Waals surface area contributed by atoms with Crippen molar-refractivity contribution in [2.75, 3.05) is 6.54 Å². The van der Waals surface area contributed by atoms with Gasteiger partial charge in [-0.15, -0.1) is 0 Å². The third kappa shape index (κ3) is 8.03. The Kier molecular flexibility index (Phi) is 10.1. The van der Waals surface area contributed by atoms with Crippen molar-refractivity contribution in [2.45, 2.75) is 39.3 Å². The van der Waals surface area contributed by atoms with Gasteiger partial charge < -0.3 is 10.2 Å². The molecule has 1 N–H and O–H groups in total. The third-order valence-electron chi connectivity index (χ3n) is 5.84. The molecule has 0 saturated carbocycles. The van der Waals surface area contributed by atoms with Crippen LogP contribution in [0.15, 0.2) is 72.8 Å². The summed E-state index contributed by atoms with van der Waals surface area (Å²) in [4.78, 5) is 39.8. The van der Waals surface area contributed by atoms with E-state index in [1.54, 1.807) is 36.4 Å². The van der Waals surface area contributed by atoms with E-state index in [4.69, 9.17) is 23.2 Å². The number of carbonyl (C=O) groups excluding carboxylic acids is 2. The number of hydrogen-bond acceptors (Lipinski definition) is 4. The first-order valence-electron chi connectivity index (χ1n) is 11.9. The van der Waals surface area contributed by atoms with Gasteiger partial charge in [-0.2, -0.15) is 0 Å². The van der Waals surface area contributed by atoms with Gasteiger partial charge in [0.2, 0.25) is 11.8 Å². The van der Waals surface area contributed by atoms with E-state index < -0.39 is 16.9 Å². The van der Waals surface area contributed by atoms with Crippen LogP contribution in [-0.2, 0) is 29.0 Å². The van der Waals surface area contributed by atoms with Gasteiger partial charge in [0, 0.05) is 41.2 Å². The number of amides is 2. The summed E-state index contributed by atoms with van der Waals surface area (Å²) >= 11 is 12.5. The fourth-order valence-electron chi connectivity index (χ4n) is 3.91. The Morgan fingerprint density at radius 2 is 1.65 bits per heavy atom. The van der Waals surface area contributed by atoms with Gasteiger partial charge in [0.05, 0.1) is 11.3 Å². The zero-order valence-corrected chi connectivity index (χ0v) is 22.2. The fraction of sp³-hybridized carbons (Fsp3) is 0.286. The van der Waals surface area contributed by atoms with Crippen molar-refractivity contribution in [2.24, 2.45) is 5.92 Å². The smallest absolute Gasteiger partial charge is 0.273 e. The van der Waals surface area contributed by atoms with Gasteiger partial charge in [-0.25, -0.2) is 0 Å². The average molecular weight is 542 g/mol. The molecule has 3 aromatic rings. The van der Waals surface area contributed by atoms with Crippen LogP contribution in [0.1, 0.15) is 30.5 Å². The van der Waals surface area contributed by atoms with Crippen molar-refractivity contribution in [3.8, 4) is 0 Å². The SMILES string of the molecule is CC(C)CNC(=O)[C@H](Cc1ccccc1)N(Cc1ccc(Cl)cc1Cl)C(=O)Cc1ccccc1[N+](=O)[O-]. The summed E-state index contributed by atoms with van der Waals surface area (Å²) in [5.74, 6) is -0.525. The van der Waals surface area contributed by atoms with Gasteiger partial charge in [0.25, 0.3) is 5.69 Å². The zero-order chi connectivity index (χ0) is 26.9. The van der Waals surface area contributed by atoms with E-state index >= 15 is 0 Å². The van der Waals surface area contributed by atoms with Crippen LogP contribution in [0.25, 0.3) is 0 Å². The molecule has 0 aliphatic heterocycles. The average Bonchev–Trinajstić information content (AvgIpc) is 2.86. The first kappa shape index (κ1) is 28.2. The molecule has 0 radical (unpaired) electrons. The summed E-state index contributed by atoms with van der Waals surface area (Å²) in [6.45, 7) is 4.44. The monoisotopic (exact) mass is 541 g/mol. The summed E-state index contributed by atoms with van der Waals surface area (Å²) in [7, 11) is 0. The lowest BCUT2D eigenvalue weighted by Gasteiger charge is -2.32. The number of nitro benzene ring substituents is 1. The molecule has 0 unspecified atom stereocenters. The molecule has 9 heteroatoms. The molecule has 2 amide bonds. The minimum absolute atomic E-state index is 0.0298. The molecule has 0 aromatic heterocycles. The highest BCUT2D eigenvalue weighted by molar-refractivity contribution is 6.35. The number of halogens is 2. The number of hydrogen-bond donors (Lipinski definition) is 1. The number of nitrogens with one attached hydrogen (secondary N) is 1. The van der Waals surface area contributed by atoms with Gasteiger partial charge in [0.1, 0.15) is 6.04 Å². The maximum Gasteiger partial charge on any atom is 0.273 e. The minimum atomic E-state index is -0.872. The van der Waals surface area contributed by atoms with Crippen molar-refractivity contribution < 1.29 is 14.5 Å². The molecule has 3 aromatic carbocycles. The van der Waals surface area contributed by atoms with E-state index in [1.807, 2.05) is 44.2 Å². The van der Waals surface area contributed by atoms with Crippen LogP contribution >= 0.6 is 23.2 Å². The Hall–Kier alpha value is -3.42. The predicted molar refractivity (Wildman–Crippen MR) is 146 cm³/mol. The topological polar surface area (TPSA) is 92.6 Å². The van der Waals surface area contributed by atoms with Crippen molar-refractivity contribution in [1.29, 1.82) is 0 Å². The lowest BCUT2D eigenvalue weighted by molar-refractivity contribution is -0.385. The number of carbonyl (C=O) groups is 2. The zero-order valence-electron chi connectivity index (χ0n) is 20.7. The van der Waals surface area contributed by atoms with E-state index in [9.17, 15) is 19.7 Å². The molecule has 194 valence electrons. The van der Waals surface area contributed by atoms with Gasteiger partial charge >= 0.3 is 0 Å². The van der Waals surface area contributed by atoms with Crippen molar-refractivity contribution in [3.05, 3.63) is 110 Å². The summed E-state index contributed by atoms with van der Waals surface area (Å²) in [5.41, 5.74) is 1.60. The Balaban J connectivity index is 2.03. The molecule has 0 aliphatic rings. The van der Waals surface area contributed by atoms with E-state index in [0.29, 0.717) is 22.2 Å². The van der Waals surface area contributed by atoms with Gasteiger partial charge in [-0.3, -0.25) is 19.7 Å². The molecule has 7 nitrogen and oxygen atoms in total. The maximum atomic E-state index is 13.8. The molecule has 1 atom stereocenters. The van der Waals surface area contributed by atoms with Crippen LogP contribution in [0.2, 0.25) is 10.0 Å². The van der Waals surface area contributed by atoms with E-state index in [-0.39, 0.29) is 42.5 Å². The summed E-state index contributed by atoms with van der Waals surface area (Å²) in [6.07, 6.45) is 0.0176. The maximum absolute atomic E-state index is 13.8. The first-order chi connectivity index (χ1) is 17.7. The van der Waals surface area contributed by atoms with E-state index in [1.165, 1.54) is 11.0 Å². The minimum Gasteiger partial charge on any atom is -0.354 e. The molecular weight excluding hydrogens is 513 g/mol. The lowest BCUT2D eigenvalue weighted by atomic mass is 10.0. The Morgan fingerprint density at radius 3 is 2.30 bits per heavy atom. The van der Waals surface area contributed by atoms with Crippen LogP contribution in [0.3, 0.4) is 0 Å². The van der Waals surface area contributed by atoms with Gasteiger partial charge in [-0.05, 0) is 29.2 Å². The quantitative estimate of drug-likeness (QED) is 0.243. The molecule has 0 fully saturated rings. The number of benzene rings is 3. The molecule has 3 rings (SSSR count). The van der Waals surface area contributed by atoms with Gasteiger partial charge in [-0.1, -0.05) is 91.6 Å². The molecule has 0 bridgehead atoms. The summed E-state index contributed by atoms with van der Waals surface area (Å²) < 4.78 is 0. The summed E-state index contributed by atoms with van der Waals surface area (Å²) in [6, 6.07) is 19.6. The highest BCUT2D eigenvalue weighted by Crippen LogP contribution is 2.26. The number of nitrogens with zero attached hydrogens (tertiary/aromatic N) is 2. The molecule has 0 heterocycles. The normalized spacial score (nSPS) is 11.7.